The van der Waals surface area contributed by atoms with E-state index in [0.29, 0.717) is 12.1 Å². The van der Waals surface area contributed by atoms with Crippen LogP contribution < -0.4 is 10.2 Å². The van der Waals surface area contributed by atoms with Crippen LogP contribution in [0.15, 0.2) is 55.1 Å². The van der Waals surface area contributed by atoms with Gasteiger partial charge in [-0.05, 0) is 40.6 Å². The molecule has 0 aliphatic heterocycles. The lowest BCUT2D eigenvalue weighted by Gasteiger charge is -2.15. The van der Waals surface area contributed by atoms with Crippen LogP contribution >= 0.6 is 22.6 Å². The largest absolute Gasteiger partial charge is 0.489 e. The van der Waals surface area contributed by atoms with E-state index in [4.69, 9.17) is 12.6 Å². The van der Waals surface area contributed by atoms with Crippen LogP contribution in [-0.4, -0.2) is 7.85 Å². The first-order chi connectivity index (χ1) is 9.22. The lowest BCUT2D eigenvalue weighted by atomic mass is 9.92. The van der Waals surface area contributed by atoms with Crippen LogP contribution in [0.1, 0.15) is 11.1 Å². The molecule has 94 valence electrons. The highest BCUT2D eigenvalue weighted by Gasteiger charge is 2.09. The van der Waals surface area contributed by atoms with E-state index in [2.05, 4.69) is 29.2 Å². The zero-order chi connectivity index (χ0) is 13.7. The monoisotopic (exact) mass is 360 g/mol. The summed E-state index contributed by atoms with van der Waals surface area (Å²) in [4.78, 5) is 0. The minimum absolute atomic E-state index is 0.523. The lowest BCUT2D eigenvalue weighted by Crippen LogP contribution is -2.13. The smallest absolute Gasteiger partial charge is 0.119 e. The summed E-state index contributed by atoms with van der Waals surface area (Å²) in [7, 11) is 6.02. The molecule has 0 N–H and O–H groups in total. The van der Waals surface area contributed by atoms with Crippen LogP contribution in [0.2, 0.25) is 0 Å². The Hall–Kier alpha value is -1.23. The van der Waals surface area contributed by atoms with Gasteiger partial charge in [-0.1, -0.05) is 47.9 Å². The minimum atomic E-state index is 0.523. The summed E-state index contributed by atoms with van der Waals surface area (Å²) in [6.07, 6.45) is 2.62. The minimum Gasteiger partial charge on any atom is -0.489 e. The van der Waals surface area contributed by atoms with Crippen molar-refractivity contribution in [3.63, 3.8) is 0 Å². The molecule has 2 rings (SSSR count). The number of hydrogen-bond donors (Lipinski definition) is 0. The third-order valence-electron chi connectivity index (χ3n) is 2.81. The number of rotatable bonds is 5. The molecule has 0 fully saturated rings. The molecule has 3 heteroatoms. The van der Waals surface area contributed by atoms with Crippen molar-refractivity contribution in [2.75, 3.05) is 0 Å². The lowest BCUT2D eigenvalue weighted by molar-refractivity contribution is 0.306. The molecule has 0 heterocycles. The molecule has 0 aromatic heterocycles. The first-order valence-electron chi connectivity index (χ1n) is 6.07. The second-order valence-corrected chi connectivity index (χ2v) is 5.37. The van der Waals surface area contributed by atoms with Gasteiger partial charge in [0.05, 0.1) is 0 Å². The molecule has 0 aliphatic rings. The molecular weight excluding hydrogens is 346 g/mol. The van der Waals surface area contributed by atoms with Crippen molar-refractivity contribution < 1.29 is 4.74 Å². The van der Waals surface area contributed by atoms with Crippen LogP contribution in [0, 0.1) is 3.57 Å². The normalized spacial score (nSPS) is 10.2. The van der Waals surface area contributed by atoms with Crippen molar-refractivity contribution in [1.82, 2.24) is 0 Å². The molecule has 19 heavy (non-hydrogen) atoms. The molecule has 2 aromatic carbocycles. The summed E-state index contributed by atoms with van der Waals surface area (Å²) in [6.45, 7) is 4.31. The zero-order valence-corrected chi connectivity index (χ0v) is 12.8. The van der Waals surface area contributed by atoms with Crippen molar-refractivity contribution in [2.24, 2.45) is 0 Å². The third kappa shape index (κ3) is 3.63. The molecule has 0 saturated heterocycles. The Balaban J connectivity index is 2.23. The van der Waals surface area contributed by atoms with E-state index in [1.165, 1.54) is 0 Å². The van der Waals surface area contributed by atoms with Crippen LogP contribution in [0.5, 0.6) is 5.75 Å². The molecule has 0 spiro atoms. The van der Waals surface area contributed by atoms with Gasteiger partial charge in [-0.3, -0.25) is 0 Å². The standard InChI is InChI=1S/C16H14BIO/c1-2-6-13-15(18)10-9-14(17)16(13)19-11-12-7-4-3-5-8-12/h2-5,7-10H,1,6,11H2. The molecule has 1 nitrogen and oxygen atoms in total. The highest BCUT2D eigenvalue weighted by Crippen LogP contribution is 2.23. The number of hydrogen-bond acceptors (Lipinski definition) is 1. The van der Waals surface area contributed by atoms with Crippen LogP contribution in [0.25, 0.3) is 0 Å². The first kappa shape index (κ1) is 14.2. The van der Waals surface area contributed by atoms with E-state index in [1.807, 2.05) is 48.5 Å². The van der Waals surface area contributed by atoms with E-state index in [9.17, 15) is 0 Å². The Morgan fingerprint density at radius 2 is 1.89 bits per heavy atom. The Morgan fingerprint density at radius 1 is 1.16 bits per heavy atom. The first-order valence-corrected chi connectivity index (χ1v) is 7.14. The fraction of sp³-hybridized carbons (Fsp3) is 0.125. The number of ether oxygens (including phenoxy) is 1. The maximum Gasteiger partial charge on any atom is 0.119 e. The molecule has 0 aliphatic carbocycles. The van der Waals surface area contributed by atoms with Crippen molar-refractivity contribution in [1.29, 1.82) is 0 Å². The molecule has 2 aromatic rings. The predicted molar refractivity (Wildman–Crippen MR) is 89.2 cm³/mol. The van der Waals surface area contributed by atoms with Gasteiger partial charge < -0.3 is 4.74 Å². The van der Waals surface area contributed by atoms with E-state index in [0.717, 1.165) is 26.9 Å². The van der Waals surface area contributed by atoms with Gasteiger partial charge in [0, 0.05) is 9.13 Å². The average molecular weight is 360 g/mol. The van der Waals surface area contributed by atoms with Crippen molar-refractivity contribution in [3.8, 4) is 5.75 Å². The third-order valence-corrected chi connectivity index (χ3v) is 3.82. The van der Waals surface area contributed by atoms with Gasteiger partial charge in [0.2, 0.25) is 0 Å². The Labute approximate surface area is 129 Å². The number of benzene rings is 2. The highest BCUT2D eigenvalue weighted by atomic mass is 127. The Kier molecular flexibility index (Phi) is 5.08. The second-order valence-electron chi connectivity index (χ2n) is 4.21. The van der Waals surface area contributed by atoms with E-state index >= 15 is 0 Å². The quantitative estimate of drug-likeness (QED) is 0.451. The summed E-state index contributed by atoms with van der Waals surface area (Å²) >= 11 is 2.30. The SMILES string of the molecule is [B]c1ccc(I)c(CC=C)c1OCc1ccccc1. The topological polar surface area (TPSA) is 9.23 Å². The average Bonchev–Trinajstić information content (AvgIpc) is 2.43. The van der Waals surface area contributed by atoms with Gasteiger partial charge in [-0.15, -0.1) is 6.58 Å². The van der Waals surface area contributed by atoms with E-state index < -0.39 is 0 Å². The molecule has 2 radical (unpaired) electrons. The Morgan fingerprint density at radius 3 is 2.58 bits per heavy atom. The molecular formula is C16H14BIO. The molecule has 0 saturated carbocycles. The maximum atomic E-state index is 6.02. The Bertz CT molecular complexity index is 566. The zero-order valence-electron chi connectivity index (χ0n) is 10.6. The maximum absolute atomic E-state index is 6.02. The summed E-state index contributed by atoms with van der Waals surface area (Å²) < 4.78 is 7.06. The van der Waals surface area contributed by atoms with E-state index in [-0.39, 0.29) is 0 Å². The fourth-order valence-electron chi connectivity index (χ4n) is 1.86. The summed E-state index contributed by atoms with van der Waals surface area (Å²) in [5.41, 5.74) is 2.91. The van der Waals surface area contributed by atoms with Crippen LogP contribution in [0.4, 0.5) is 0 Å². The number of allylic oxidation sites excluding steroid dienone is 1. The second kappa shape index (κ2) is 6.80. The van der Waals surface area contributed by atoms with E-state index in [1.54, 1.807) is 0 Å². The highest BCUT2D eigenvalue weighted by molar-refractivity contribution is 14.1. The van der Waals surface area contributed by atoms with Gasteiger partial charge in [0.25, 0.3) is 0 Å². The number of halogens is 1. The van der Waals surface area contributed by atoms with Gasteiger partial charge >= 0.3 is 0 Å². The van der Waals surface area contributed by atoms with Crippen molar-refractivity contribution >= 4 is 35.9 Å². The van der Waals surface area contributed by atoms with Gasteiger partial charge in [-0.2, -0.15) is 0 Å². The summed E-state index contributed by atoms with van der Waals surface area (Å²) in [5, 5.41) is 0. The van der Waals surface area contributed by atoms with Gasteiger partial charge in [0.1, 0.15) is 20.2 Å². The summed E-state index contributed by atoms with van der Waals surface area (Å²) in [5.74, 6) is 0.774. The van der Waals surface area contributed by atoms with Crippen LogP contribution in [-0.2, 0) is 13.0 Å². The van der Waals surface area contributed by atoms with Crippen molar-refractivity contribution in [2.45, 2.75) is 13.0 Å². The predicted octanol–water partition coefficient (Wildman–Crippen LogP) is 3.39. The molecule has 0 atom stereocenters. The molecule has 0 amide bonds. The summed E-state index contributed by atoms with van der Waals surface area (Å²) in [6, 6.07) is 14.0. The van der Waals surface area contributed by atoms with Gasteiger partial charge in [-0.25, -0.2) is 0 Å². The molecule has 0 unspecified atom stereocenters. The van der Waals surface area contributed by atoms with Crippen molar-refractivity contribution in [3.05, 3.63) is 69.8 Å². The molecule has 0 bridgehead atoms. The van der Waals surface area contributed by atoms with Gasteiger partial charge in [0.15, 0.2) is 0 Å². The fourth-order valence-corrected chi connectivity index (χ4v) is 2.50. The van der Waals surface area contributed by atoms with Crippen LogP contribution in [0.3, 0.4) is 0 Å².